The second kappa shape index (κ2) is 8.75. The third kappa shape index (κ3) is 5.87. The number of hydrogen-bond acceptors (Lipinski definition) is 2. The van der Waals surface area contributed by atoms with Crippen LogP contribution in [0.3, 0.4) is 0 Å². The molecule has 1 aromatic rings. The van der Waals surface area contributed by atoms with E-state index in [1.807, 2.05) is 0 Å². The minimum Gasteiger partial charge on any atom is -0.356 e. The maximum absolute atomic E-state index is 11.3. The SMILES string of the molecule is CCCNC(=O)CCNCc1ccn(CCC)c1. The summed E-state index contributed by atoms with van der Waals surface area (Å²) < 4.78 is 2.20. The quantitative estimate of drug-likeness (QED) is 0.659. The van der Waals surface area contributed by atoms with Crippen LogP contribution in [-0.4, -0.2) is 23.6 Å². The third-order valence-corrected chi connectivity index (χ3v) is 2.72. The Morgan fingerprint density at radius 2 is 2.11 bits per heavy atom. The second-order valence-corrected chi connectivity index (χ2v) is 4.53. The zero-order chi connectivity index (χ0) is 13.2. The van der Waals surface area contributed by atoms with Crippen molar-refractivity contribution in [1.82, 2.24) is 15.2 Å². The zero-order valence-electron chi connectivity index (χ0n) is 11.5. The molecule has 0 aliphatic rings. The molecule has 102 valence electrons. The molecule has 1 heterocycles. The first-order chi connectivity index (χ1) is 8.76. The van der Waals surface area contributed by atoms with Crippen LogP contribution in [0.25, 0.3) is 0 Å². The maximum atomic E-state index is 11.3. The van der Waals surface area contributed by atoms with E-state index in [1.165, 1.54) is 5.56 Å². The molecule has 0 saturated heterocycles. The molecule has 0 unspecified atom stereocenters. The van der Waals surface area contributed by atoms with E-state index in [0.29, 0.717) is 6.42 Å². The number of nitrogens with one attached hydrogen (secondary N) is 2. The van der Waals surface area contributed by atoms with Gasteiger partial charge in [0.1, 0.15) is 0 Å². The monoisotopic (exact) mass is 251 g/mol. The van der Waals surface area contributed by atoms with Gasteiger partial charge in [-0.3, -0.25) is 4.79 Å². The topological polar surface area (TPSA) is 46.1 Å². The molecule has 18 heavy (non-hydrogen) atoms. The first-order valence-electron chi connectivity index (χ1n) is 6.88. The fraction of sp³-hybridized carbons (Fsp3) is 0.643. The molecule has 0 bridgehead atoms. The summed E-state index contributed by atoms with van der Waals surface area (Å²) in [4.78, 5) is 11.3. The molecule has 0 radical (unpaired) electrons. The molecule has 0 aliphatic carbocycles. The number of aromatic nitrogens is 1. The van der Waals surface area contributed by atoms with Gasteiger partial charge >= 0.3 is 0 Å². The Morgan fingerprint density at radius 1 is 1.28 bits per heavy atom. The fourth-order valence-electron chi connectivity index (χ4n) is 1.78. The van der Waals surface area contributed by atoms with E-state index in [0.717, 1.165) is 39.0 Å². The van der Waals surface area contributed by atoms with E-state index < -0.39 is 0 Å². The summed E-state index contributed by atoms with van der Waals surface area (Å²) in [5.41, 5.74) is 1.28. The van der Waals surface area contributed by atoms with Gasteiger partial charge in [0, 0.05) is 45.0 Å². The number of amides is 1. The van der Waals surface area contributed by atoms with Gasteiger partial charge in [-0.2, -0.15) is 0 Å². The summed E-state index contributed by atoms with van der Waals surface area (Å²) in [6.45, 7) is 7.64. The molecule has 0 fully saturated rings. The third-order valence-electron chi connectivity index (χ3n) is 2.72. The summed E-state index contributed by atoms with van der Waals surface area (Å²) in [7, 11) is 0. The predicted octanol–water partition coefficient (Wildman–Crippen LogP) is 1.90. The molecule has 0 aromatic carbocycles. The summed E-state index contributed by atoms with van der Waals surface area (Å²) >= 11 is 0. The Kier molecular flexibility index (Phi) is 7.18. The Bertz CT molecular complexity index is 347. The highest BCUT2D eigenvalue weighted by atomic mass is 16.1. The number of nitrogens with zero attached hydrogens (tertiary/aromatic N) is 1. The van der Waals surface area contributed by atoms with Crippen molar-refractivity contribution in [2.45, 2.75) is 46.2 Å². The predicted molar refractivity (Wildman–Crippen MR) is 74.3 cm³/mol. The molecule has 1 aromatic heterocycles. The van der Waals surface area contributed by atoms with Crippen LogP contribution in [0, 0.1) is 0 Å². The Labute approximate surface area is 110 Å². The van der Waals surface area contributed by atoms with Crippen LogP contribution in [0.4, 0.5) is 0 Å². The molecule has 1 amide bonds. The van der Waals surface area contributed by atoms with E-state index >= 15 is 0 Å². The molecular formula is C14H25N3O. The first-order valence-corrected chi connectivity index (χ1v) is 6.88. The highest BCUT2D eigenvalue weighted by Crippen LogP contribution is 2.01. The minimum atomic E-state index is 0.132. The summed E-state index contributed by atoms with van der Waals surface area (Å²) in [6, 6.07) is 2.12. The molecule has 2 N–H and O–H groups in total. The summed E-state index contributed by atoms with van der Waals surface area (Å²) in [5.74, 6) is 0.132. The molecule has 1 rings (SSSR count). The molecule has 0 saturated carbocycles. The average molecular weight is 251 g/mol. The molecule has 0 spiro atoms. The van der Waals surface area contributed by atoms with Crippen LogP contribution < -0.4 is 10.6 Å². The largest absolute Gasteiger partial charge is 0.356 e. The van der Waals surface area contributed by atoms with E-state index in [2.05, 4.69) is 47.5 Å². The second-order valence-electron chi connectivity index (χ2n) is 4.53. The Balaban J connectivity index is 2.11. The molecule has 0 aliphatic heterocycles. The van der Waals surface area contributed by atoms with Crippen LogP contribution >= 0.6 is 0 Å². The molecule has 4 heteroatoms. The first kappa shape index (κ1) is 14.8. The number of rotatable bonds is 9. The van der Waals surface area contributed by atoms with E-state index in [-0.39, 0.29) is 5.91 Å². The van der Waals surface area contributed by atoms with Crippen molar-refractivity contribution in [2.75, 3.05) is 13.1 Å². The highest BCUT2D eigenvalue weighted by Gasteiger charge is 2.00. The van der Waals surface area contributed by atoms with Gasteiger partial charge in [-0.1, -0.05) is 13.8 Å². The lowest BCUT2D eigenvalue weighted by Crippen LogP contribution is -2.27. The average Bonchev–Trinajstić information content (AvgIpc) is 2.80. The number of aryl methyl sites for hydroxylation is 1. The lowest BCUT2D eigenvalue weighted by molar-refractivity contribution is -0.120. The lowest BCUT2D eigenvalue weighted by Gasteiger charge is -2.04. The number of hydrogen-bond donors (Lipinski definition) is 2. The van der Waals surface area contributed by atoms with Crippen LogP contribution in [0.2, 0.25) is 0 Å². The van der Waals surface area contributed by atoms with Crippen molar-refractivity contribution < 1.29 is 4.79 Å². The van der Waals surface area contributed by atoms with E-state index in [9.17, 15) is 4.79 Å². The Hall–Kier alpha value is -1.29. The summed E-state index contributed by atoms with van der Waals surface area (Å²) in [5, 5.41) is 6.16. The highest BCUT2D eigenvalue weighted by molar-refractivity contribution is 5.75. The van der Waals surface area contributed by atoms with Gasteiger partial charge in [0.25, 0.3) is 0 Å². The molecular weight excluding hydrogens is 226 g/mol. The number of carbonyl (C=O) groups is 1. The van der Waals surface area contributed by atoms with Crippen LogP contribution in [0.15, 0.2) is 18.5 Å². The van der Waals surface area contributed by atoms with Crippen molar-refractivity contribution in [3.63, 3.8) is 0 Å². The summed E-state index contributed by atoms with van der Waals surface area (Å²) in [6.07, 6.45) is 6.96. The van der Waals surface area contributed by atoms with Crippen molar-refractivity contribution >= 4 is 5.91 Å². The smallest absolute Gasteiger partial charge is 0.221 e. The van der Waals surface area contributed by atoms with Crippen molar-refractivity contribution in [3.8, 4) is 0 Å². The van der Waals surface area contributed by atoms with Gasteiger partial charge in [0.2, 0.25) is 5.91 Å². The van der Waals surface area contributed by atoms with Gasteiger partial charge in [0.05, 0.1) is 0 Å². The normalized spacial score (nSPS) is 10.6. The Morgan fingerprint density at radius 3 is 2.83 bits per heavy atom. The van der Waals surface area contributed by atoms with Gasteiger partial charge in [-0.05, 0) is 24.5 Å². The van der Waals surface area contributed by atoms with Gasteiger partial charge in [-0.25, -0.2) is 0 Å². The molecule has 0 atom stereocenters. The number of carbonyl (C=O) groups excluding carboxylic acids is 1. The van der Waals surface area contributed by atoms with Crippen molar-refractivity contribution in [1.29, 1.82) is 0 Å². The zero-order valence-corrected chi connectivity index (χ0v) is 11.5. The standard InChI is InChI=1S/C14H25N3O/c1-3-7-16-14(18)5-8-15-11-13-6-10-17(12-13)9-4-2/h6,10,12,15H,3-5,7-9,11H2,1-2H3,(H,16,18). The molecule has 4 nitrogen and oxygen atoms in total. The maximum Gasteiger partial charge on any atom is 0.221 e. The fourth-order valence-corrected chi connectivity index (χ4v) is 1.78. The van der Waals surface area contributed by atoms with Gasteiger partial charge < -0.3 is 15.2 Å². The van der Waals surface area contributed by atoms with Crippen LogP contribution in [0.5, 0.6) is 0 Å². The van der Waals surface area contributed by atoms with E-state index in [4.69, 9.17) is 0 Å². The lowest BCUT2D eigenvalue weighted by atomic mass is 10.3. The van der Waals surface area contributed by atoms with Gasteiger partial charge in [-0.15, -0.1) is 0 Å². The minimum absolute atomic E-state index is 0.132. The van der Waals surface area contributed by atoms with Gasteiger partial charge in [0.15, 0.2) is 0 Å². The van der Waals surface area contributed by atoms with Crippen LogP contribution in [0.1, 0.15) is 38.7 Å². The van der Waals surface area contributed by atoms with E-state index in [1.54, 1.807) is 0 Å². The van der Waals surface area contributed by atoms with Crippen molar-refractivity contribution in [3.05, 3.63) is 24.0 Å². The van der Waals surface area contributed by atoms with Crippen LogP contribution in [-0.2, 0) is 17.9 Å². The van der Waals surface area contributed by atoms with Crippen molar-refractivity contribution in [2.24, 2.45) is 0 Å².